The fourth-order valence-electron chi connectivity index (χ4n) is 1.79. The minimum absolute atomic E-state index is 0.00902. The second-order valence-corrected chi connectivity index (χ2v) is 5.51. The number of hydrogen-bond donors (Lipinski definition) is 2. The number of carbonyl (C=O) groups excluding carboxylic acids is 1. The Hall–Kier alpha value is -1.65. The van der Waals surface area contributed by atoms with Gasteiger partial charge in [0.15, 0.2) is 0 Å². The number of anilines is 1. The Kier molecular flexibility index (Phi) is 4.71. The molecule has 0 aliphatic rings. The largest absolute Gasteiger partial charge is 0.325 e. The minimum Gasteiger partial charge on any atom is -0.325 e. The van der Waals surface area contributed by atoms with Gasteiger partial charge in [-0.05, 0) is 42.5 Å². The SMILES string of the molecule is Cc1cccc(NC(=O)CNCc2cccs2)c1C. The molecule has 0 aliphatic heterocycles. The van der Waals surface area contributed by atoms with Crippen LogP contribution in [0, 0.1) is 13.8 Å². The first kappa shape index (κ1) is 13.8. The van der Waals surface area contributed by atoms with Gasteiger partial charge in [0.1, 0.15) is 0 Å². The fourth-order valence-corrected chi connectivity index (χ4v) is 2.47. The summed E-state index contributed by atoms with van der Waals surface area (Å²) in [5, 5.41) is 8.11. The Morgan fingerprint density at radius 1 is 1.21 bits per heavy atom. The monoisotopic (exact) mass is 274 g/mol. The summed E-state index contributed by atoms with van der Waals surface area (Å²) in [5.41, 5.74) is 3.20. The Balaban J connectivity index is 1.82. The van der Waals surface area contributed by atoms with Crippen LogP contribution < -0.4 is 10.6 Å². The molecule has 0 radical (unpaired) electrons. The van der Waals surface area contributed by atoms with Crippen molar-refractivity contribution >= 4 is 22.9 Å². The fraction of sp³-hybridized carbons (Fsp3) is 0.267. The third kappa shape index (κ3) is 3.91. The number of carbonyl (C=O) groups is 1. The second-order valence-electron chi connectivity index (χ2n) is 4.48. The topological polar surface area (TPSA) is 41.1 Å². The zero-order valence-corrected chi connectivity index (χ0v) is 12.0. The maximum Gasteiger partial charge on any atom is 0.238 e. The maximum atomic E-state index is 11.8. The van der Waals surface area contributed by atoms with Gasteiger partial charge in [-0.15, -0.1) is 11.3 Å². The van der Waals surface area contributed by atoms with Gasteiger partial charge in [-0.3, -0.25) is 4.79 Å². The van der Waals surface area contributed by atoms with Crippen LogP contribution in [0.15, 0.2) is 35.7 Å². The molecule has 1 aromatic carbocycles. The average molecular weight is 274 g/mol. The number of aryl methyl sites for hydroxylation is 1. The van der Waals surface area contributed by atoms with Crippen molar-refractivity contribution in [1.29, 1.82) is 0 Å². The number of rotatable bonds is 5. The summed E-state index contributed by atoms with van der Waals surface area (Å²) < 4.78 is 0. The van der Waals surface area contributed by atoms with Crippen molar-refractivity contribution in [2.24, 2.45) is 0 Å². The van der Waals surface area contributed by atoms with E-state index in [1.165, 1.54) is 10.4 Å². The molecule has 0 saturated carbocycles. The lowest BCUT2D eigenvalue weighted by atomic mass is 10.1. The van der Waals surface area contributed by atoms with Crippen molar-refractivity contribution < 1.29 is 4.79 Å². The molecule has 1 aromatic heterocycles. The van der Waals surface area contributed by atoms with E-state index < -0.39 is 0 Å². The van der Waals surface area contributed by atoms with E-state index in [2.05, 4.69) is 16.7 Å². The van der Waals surface area contributed by atoms with Crippen LogP contribution >= 0.6 is 11.3 Å². The predicted molar refractivity (Wildman–Crippen MR) is 80.6 cm³/mol. The van der Waals surface area contributed by atoms with E-state index in [4.69, 9.17) is 0 Å². The van der Waals surface area contributed by atoms with Gasteiger partial charge >= 0.3 is 0 Å². The van der Waals surface area contributed by atoms with Gasteiger partial charge in [-0.2, -0.15) is 0 Å². The highest BCUT2D eigenvalue weighted by atomic mass is 32.1. The lowest BCUT2D eigenvalue weighted by molar-refractivity contribution is -0.115. The van der Waals surface area contributed by atoms with E-state index in [-0.39, 0.29) is 5.91 Å². The van der Waals surface area contributed by atoms with Crippen LogP contribution in [0.1, 0.15) is 16.0 Å². The normalized spacial score (nSPS) is 10.4. The Labute approximate surface area is 117 Å². The summed E-state index contributed by atoms with van der Waals surface area (Å²) in [6, 6.07) is 9.99. The number of hydrogen-bond acceptors (Lipinski definition) is 3. The smallest absolute Gasteiger partial charge is 0.238 e. The first-order valence-electron chi connectivity index (χ1n) is 6.26. The molecular formula is C15H18N2OS. The van der Waals surface area contributed by atoms with E-state index in [1.807, 2.05) is 43.5 Å². The van der Waals surface area contributed by atoms with Crippen LogP contribution in [-0.4, -0.2) is 12.5 Å². The molecule has 0 aliphatic carbocycles. The Morgan fingerprint density at radius 3 is 2.79 bits per heavy atom. The predicted octanol–water partition coefficient (Wildman–Crippen LogP) is 3.09. The highest BCUT2D eigenvalue weighted by Crippen LogP contribution is 2.17. The van der Waals surface area contributed by atoms with Crippen LogP contribution in [0.5, 0.6) is 0 Å². The highest BCUT2D eigenvalue weighted by molar-refractivity contribution is 7.09. The van der Waals surface area contributed by atoms with E-state index in [1.54, 1.807) is 11.3 Å². The lowest BCUT2D eigenvalue weighted by Gasteiger charge is -2.10. The number of amides is 1. The number of nitrogens with one attached hydrogen (secondary N) is 2. The molecule has 1 heterocycles. The maximum absolute atomic E-state index is 11.8. The summed E-state index contributed by atoms with van der Waals surface area (Å²) in [5.74, 6) is -0.00902. The minimum atomic E-state index is -0.00902. The molecule has 100 valence electrons. The molecule has 0 unspecified atom stereocenters. The molecule has 1 amide bonds. The van der Waals surface area contributed by atoms with Crippen molar-refractivity contribution in [3.8, 4) is 0 Å². The van der Waals surface area contributed by atoms with Gasteiger partial charge in [0.2, 0.25) is 5.91 Å². The van der Waals surface area contributed by atoms with Gasteiger partial charge in [-0.25, -0.2) is 0 Å². The third-order valence-electron chi connectivity index (χ3n) is 3.04. The zero-order valence-electron chi connectivity index (χ0n) is 11.2. The average Bonchev–Trinajstić information content (AvgIpc) is 2.88. The van der Waals surface area contributed by atoms with Crippen LogP contribution in [0.25, 0.3) is 0 Å². The molecule has 2 aromatic rings. The summed E-state index contributed by atoms with van der Waals surface area (Å²) in [6.45, 7) is 5.12. The first-order chi connectivity index (χ1) is 9.16. The standard InChI is InChI=1S/C15H18N2OS/c1-11-5-3-7-14(12(11)2)17-15(18)10-16-9-13-6-4-8-19-13/h3-8,16H,9-10H2,1-2H3,(H,17,18). The quantitative estimate of drug-likeness (QED) is 0.879. The van der Waals surface area contributed by atoms with Gasteiger partial charge in [-0.1, -0.05) is 18.2 Å². The molecule has 2 N–H and O–H groups in total. The molecule has 4 heteroatoms. The molecule has 3 nitrogen and oxygen atoms in total. The molecule has 0 spiro atoms. The van der Waals surface area contributed by atoms with Crippen LogP contribution in [0.4, 0.5) is 5.69 Å². The van der Waals surface area contributed by atoms with E-state index in [9.17, 15) is 4.79 Å². The second kappa shape index (κ2) is 6.50. The Bertz CT molecular complexity index is 549. The molecule has 2 rings (SSSR count). The van der Waals surface area contributed by atoms with Gasteiger partial charge in [0.25, 0.3) is 0 Å². The van der Waals surface area contributed by atoms with Crippen molar-refractivity contribution in [2.75, 3.05) is 11.9 Å². The molecule has 0 fully saturated rings. The summed E-state index contributed by atoms with van der Waals surface area (Å²) in [6.07, 6.45) is 0. The van der Waals surface area contributed by atoms with E-state index >= 15 is 0 Å². The summed E-state index contributed by atoms with van der Waals surface area (Å²) >= 11 is 1.69. The molecular weight excluding hydrogens is 256 g/mol. The van der Waals surface area contributed by atoms with Crippen molar-refractivity contribution in [1.82, 2.24) is 5.32 Å². The third-order valence-corrected chi connectivity index (χ3v) is 3.92. The molecule has 0 saturated heterocycles. The van der Waals surface area contributed by atoms with Gasteiger partial charge < -0.3 is 10.6 Å². The van der Waals surface area contributed by atoms with Crippen LogP contribution in [0.2, 0.25) is 0 Å². The van der Waals surface area contributed by atoms with Crippen molar-refractivity contribution in [3.63, 3.8) is 0 Å². The molecule has 19 heavy (non-hydrogen) atoms. The van der Waals surface area contributed by atoms with E-state index in [0.717, 1.165) is 17.8 Å². The van der Waals surface area contributed by atoms with E-state index in [0.29, 0.717) is 6.54 Å². The van der Waals surface area contributed by atoms with Gasteiger partial charge in [0, 0.05) is 17.1 Å². The lowest BCUT2D eigenvalue weighted by Crippen LogP contribution is -2.27. The molecule has 0 bridgehead atoms. The van der Waals surface area contributed by atoms with Crippen LogP contribution in [-0.2, 0) is 11.3 Å². The first-order valence-corrected chi connectivity index (χ1v) is 7.14. The zero-order chi connectivity index (χ0) is 13.7. The summed E-state index contributed by atoms with van der Waals surface area (Å²) in [7, 11) is 0. The molecule has 0 atom stereocenters. The van der Waals surface area contributed by atoms with Crippen molar-refractivity contribution in [2.45, 2.75) is 20.4 Å². The number of benzene rings is 1. The van der Waals surface area contributed by atoms with Crippen molar-refractivity contribution in [3.05, 3.63) is 51.7 Å². The Morgan fingerprint density at radius 2 is 2.05 bits per heavy atom. The number of thiophene rings is 1. The highest BCUT2D eigenvalue weighted by Gasteiger charge is 2.05. The van der Waals surface area contributed by atoms with Gasteiger partial charge in [0.05, 0.1) is 6.54 Å². The van der Waals surface area contributed by atoms with Crippen LogP contribution in [0.3, 0.4) is 0 Å². The summed E-state index contributed by atoms with van der Waals surface area (Å²) in [4.78, 5) is 13.1.